The van der Waals surface area contributed by atoms with E-state index in [9.17, 15) is 13.2 Å². The van der Waals surface area contributed by atoms with Crippen LogP contribution in [0.25, 0.3) is 0 Å². The highest BCUT2D eigenvalue weighted by atomic mass is 32.2. The molecule has 5 nitrogen and oxygen atoms in total. The van der Waals surface area contributed by atoms with Gasteiger partial charge in [-0.1, -0.05) is 18.2 Å². The molecule has 0 bridgehead atoms. The summed E-state index contributed by atoms with van der Waals surface area (Å²) in [5.74, 6) is -0.665. The molecule has 1 unspecified atom stereocenters. The molecule has 2 aromatic rings. The summed E-state index contributed by atoms with van der Waals surface area (Å²) in [5.41, 5.74) is 3.11. The Labute approximate surface area is 135 Å². The van der Waals surface area contributed by atoms with Gasteiger partial charge in [0, 0.05) is 5.69 Å². The predicted molar refractivity (Wildman–Crippen MR) is 88.2 cm³/mol. The summed E-state index contributed by atoms with van der Waals surface area (Å²) in [4.78, 5) is 17.1. The third-order valence-electron chi connectivity index (χ3n) is 4.23. The lowest BCUT2D eigenvalue weighted by Crippen LogP contribution is -2.29. The van der Waals surface area contributed by atoms with Gasteiger partial charge in [-0.05, 0) is 43.5 Å². The molecule has 23 heavy (non-hydrogen) atoms. The van der Waals surface area contributed by atoms with Gasteiger partial charge in [-0.15, -0.1) is 0 Å². The molecule has 0 fully saturated rings. The van der Waals surface area contributed by atoms with Gasteiger partial charge >= 0.3 is 0 Å². The van der Waals surface area contributed by atoms with Crippen molar-refractivity contribution in [1.82, 2.24) is 4.98 Å². The number of amides is 1. The third kappa shape index (κ3) is 2.99. The van der Waals surface area contributed by atoms with Crippen LogP contribution in [0.4, 0.5) is 5.69 Å². The van der Waals surface area contributed by atoms with Crippen LogP contribution < -0.4 is 5.32 Å². The van der Waals surface area contributed by atoms with Crippen molar-refractivity contribution in [2.75, 3.05) is 11.1 Å². The largest absolute Gasteiger partial charge is 0.324 e. The SMILES string of the molecule is Cc1cc(NC(=O)C2CCS(=O)(=O)c3ccccc32)cnc1C. The van der Waals surface area contributed by atoms with E-state index in [1.54, 1.807) is 30.5 Å². The number of nitrogens with zero attached hydrogens (tertiary/aromatic N) is 1. The molecule has 1 aliphatic heterocycles. The minimum absolute atomic E-state index is 0.00667. The lowest BCUT2D eigenvalue weighted by molar-refractivity contribution is -0.117. The number of fused-ring (bicyclic) bond motifs is 1. The first-order valence-electron chi connectivity index (χ1n) is 7.44. The van der Waals surface area contributed by atoms with Crippen LogP contribution in [0.15, 0.2) is 41.4 Å². The molecule has 0 spiro atoms. The number of pyridine rings is 1. The molecule has 6 heteroatoms. The van der Waals surface area contributed by atoms with E-state index in [0.29, 0.717) is 17.7 Å². The maximum absolute atomic E-state index is 12.6. The van der Waals surface area contributed by atoms with Crippen molar-refractivity contribution in [2.24, 2.45) is 0 Å². The Morgan fingerprint density at radius 2 is 2.00 bits per heavy atom. The number of hydrogen-bond acceptors (Lipinski definition) is 4. The molecular weight excluding hydrogens is 312 g/mol. The van der Waals surface area contributed by atoms with Crippen molar-refractivity contribution in [2.45, 2.75) is 31.1 Å². The van der Waals surface area contributed by atoms with Crippen molar-refractivity contribution >= 4 is 21.4 Å². The van der Waals surface area contributed by atoms with E-state index in [4.69, 9.17) is 0 Å². The number of sulfone groups is 1. The molecule has 120 valence electrons. The molecule has 0 saturated heterocycles. The minimum atomic E-state index is -3.29. The standard InChI is InChI=1S/C17H18N2O3S/c1-11-9-13(10-18-12(11)2)19-17(20)15-7-8-23(21,22)16-6-4-3-5-14(15)16/h3-6,9-10,15H,7-8H2,1-2H3,(H,19,20). The lowest BCUT2D eigenvalue weighted by Gasteiger charge is -2.24. The van der Waals surface area contributed by atoms with Gasteiger partial charge in [-0.25, -0.2) is 8.42 Å². The van der Waals surface area contributed by atoms with E-state index in [0.717, 1.165) is 11.3 Å². The average molecular weight is 330 g/mol. The van der Waals surface area contributed by atoms with Crippen molar-refractivity contribution < 1.29 is 13.2 Å². The van der Waals surface area contributed by atoms with E-state index in [-0.39, 0.29) is 16.6 Å². The van der Waals surface area contributed by atoms with Crippen molar-refractivity contribution in [3.05, 3.63) is 53.3 Å². The first kappa shape index (κ1) is 15.7. The number of aromatic nitrogens is 1. The molecule has 3 rings (SSSR count). The fourth-order valence-corrected chi connectivity index (χ4v) is 4.42. The summed E-state index contributed by atoms with van der Waals surface area (Å²) in [6.45, 7) is 3.84. The van der Waals surface area contributed by atoms with Crippen molar-refractivity contribution in [3.63, 3.8) is 0 Å². The highest BCUT2D eigenvalue weighted by molar-refractivity contribution is 7.91. The Balaban J connectivity index is 1.90. The van der Waals surface area contributed by atoms with Gasteiger partial charge < -0.3 is 5.32 Å². The fraction of sp³-hybridized carbons (Fsp3) is 0.294. The van der Waals surface area contributed by atoms with Crippen LogP contribution in [0.5, 0.6) is 0 Å². The van der Waals surface area contributed by atoms with Crippen LogP contribution in [0.1, 0.15) is 29.2 Å². The van der Waals surface area contributed by atoms with E-state index >= 15 is 0 Å². The second-order valence-electron chi connectivity index (χ2n) is 5.81. The molecule has 1 aliphatic rings. The van der Waals surface area contributed by atoms with Crippen LogP contribution in [0.3, 0.4) is 0 Å². The zero-order valence-corrected chi connectivity index (χ0v) is 13.9. The fourth-order valence-electron chi connectivity index (χ4n) is 2.80. The zero-order valence-electron chi connectivity index (χ0n) is 13.0. The zero-order chi connectivity index (χ0) is 16.6. The van der Waals surface area contributed by atoms with Crippen molar-refractivity contribution in [1.29, 1.82) is 0 Å². The number of carbonyl (C=O) groups excluding carboxylic acids is 1. The topological polar surface area (TPSA) is 76.1 Å². The summed E-state index contributed by atoms with van der Waals surface area (Å²) in [6, 6.07) is 8.60. The maximum atomic E-state index is 12.6. The molecule has 2 heterocycles. The van der Waals surface area contributed by atoms with Crippen molar-refractivity contribution in [3.8, 4) is 0 Å². The Bertz CT molecular complexity index is 875. The van der Waals surface area contributed by atoms with Gasteiger partial charge in [0.25, 0.3) is 0 Å². The number of carbonyl (C=O) groups is 1. The summed E-state index contributed by atoms with van der Waals surface area (Å²) >= 11 is 0. The van der Waals surface area contributed by atoms with Crippen LogP contribution >= 0.6 is 0 Å². The molecule has 1 aromatic carbocycles. The number of anilines is 1. The third-order valence-corrected chi connectivity index (χ3v) is 6.04. The van der Waals surface area contributed by atoms with E-state index in [2.05, 4.69) is 10.3 Å². The van der Waals surface area contributed by atoms with Gasteiger partial charge in [-0.3, -0.25) is 9.78 Å². The molecule has 1 N–H and O–H groups in total. The Morgan fingerprint density at radius 3 is 2.74 bits per heavy atom. The highest BCUT2D eigenvalue weighted by Gasteiger charge is 2.33. The first-order chi connectivity index (χ1) is 10.9. The summed E-state index contributed by atoms with van der Waals surface area (Å²) < 4.78 is 24.3. The summed E-state index contributed by atoms with van der Waals surface area (Å²) in [6.07, 6.45) is 1.91. The second-order valence-corrected chi connectivity index (χ2v) is 7.89. The Hall–Kier alpha value is -2.21. The lowest BCUT2D eigenvalue weighted by atomic mass is 9.95. The molecule has 1 atom stereocenters. The summed E-state index contributed by atoms with van der Waals surface area (Å²) in [5, 5.41) is 2.85. The van der Waals surface area contributed by atoms with Gasteiger partial charge in [0.2, 0.25) is 5.91 Å². The quantitative estimate of drug-likeness (QED) is 0.918. The van der Waals surface area contributed by atoms with Crippen LogP contribution in [-0.2, 0) is 14.6 Å². The minimum Gasteiger partial charge on any atom is -0.324 e. The summed E-state index contributed by atoms with van der Waals surface area (Å²) in [7, 11) is -3.29. The maximum Gasteiger partial charge on any atom is 0.232 e. The van der Waals surface area contributed by atoms with E-state index in [1.807, 2.05) is 19.9 Å². The molecule has 0 radical (unpaired) electrons. The highest BCUT2D eigenvalue weighted by Crippen LogP contribution is 2.34. The number of rotatable bonds is 2. The monoisotopic (exact) mass is 330 g/mol. The van der Waals surface area contributed by atoms with Crippen LogP contribution in [0.2, 0.25) is 0 Å². The molecule has 0 saturated carbocycles. The van der Waals surface area contributed by atoms with Crippen LogP contribution in [0, 0.1) is 13.8 Å². The van der Waals surface area contributed by atoms with E-state index < -0.39 is 15.8 Å². The molecule has 1 amide bonds. The van der Waals surface area contributed by atoms with Gasteiger partial charge in [0.15, 0.2) is 9.84 Å². The Morgan fingerprint density at radius 1 is 1.26 bits per heavy atom. The van der Waals surface area contributed by atoms with E-state index in [1.165, 1.54) is 0 Å². The van der Waals surface area contributed by atoms with Gasteiger partial charge in [-0.2, -0.15) is 0 Å². The molecule has 0 aliphatic carbocycles. The van der Waals surface area contributed by atoms with Gasteiger partial charge in [0.1, 0.15) is 0 Å². The number of aryl methyl sites for hydroxylation is 2. The molecular formula is C17H18N2O3S. The predicted octanol–water partition coefficient (Wildman–Crippen LogP) is 2.60. The van der Waals surface area contributed by atoms with Crippen LogP contribution in [-0.4, -0.2) is 25.1 Å². The number of nitrogens with one attached hydrogen (secondary N) is 1. The first-order valence-corrected chi connectivity index (χ1v) is 9.09. The second kappa shape index (κ2) is 5.77. The average Bonchev–Trinajstić information content (AvgIpc) is 2.51. The Kier molecular flexibility index (Phi) is 3.93. The smallest absolute Gasteiger partial charge is 0.232 e. The number of benzene rings is 1. The molecule has 1 aromatic heterocycles. The number of hydrogen-bond donors (Lipinski definition) is 1. The van der Waals surface area contributed by atoms with Gasteiger partial charge in [0.05, 0.1) is 28.5 Å². The normalized spacial score (nSPS) is 19.0.